The largest absolute Gasteiger partial charge is 0.457 e. The summed E-state index contributed by atoms with van der Waals surface area (Å²) in [5.41, 5.74) is 1.67. The molecule has 1 N–H and O–H groups in total. The molecule has 6 nitrogen and oxygen atoms in total. The third-order valence-electron chi connectivity index (χ3n) is 3.36. The fourth-order valence-electron chi connectivity index (χ4n) is 2.32. The van der Waals surface area contributed by atoms with Crippen molar-refractivity contribution in [2.24, 2.45) is 5.29 Å². The number of carbonyl (C=O) groups excluding carboxylic acids is 1. The van der Waals surface area contributed by atoms with E-state index in [2.05, 4.69) is 10.6 Å². The molecule has 6 heteroatoms. The van der Waals surface area contributed by atoms with Crippen LogP contribution in [0.2, 0.25) is 0 Å². The van der Waals surface area contributed by atoms with Gasteiger partial charge in [-0.2, -0.15) is 5.01 Å². The molecular formula is C15H13N3O3. The molecule has 1 aliphatic heterocycles. The predicted octanol–water partition coefficient (Wildman–Crippen LogP) is 3.20. The third-order valence-corrected chi connectivity index (χ3v) is 3.36. The smallest absolute Gasteiger partial charge is 0.340 e. The van der Waals surface area contributed by atoms with E-state index in [1.165, 1.54) is 7.05 Å². The van der Waals surface area contributed by atoms with E-state index in [4.69, 9.17) is 4.74 Å². The average molecular weight is 283 g/mol. The lowest BCUT2D eigenvalue weighted by Gasteiger charge is -2.29. The number of rotatable bonds is 2. The summed E-state index contributed by atoms with van der Waals surface area (Å²) in [6.45, 7) is 0. The van der Waals surface area contributed by atoms with Crippen LogP contribution < -0.4 is 10.1 Å². The first-order valence-electron chi connectivity index (χ1n) is 6.44. The summed E-state index contributed by atoms with van der Waals surface area (Å²) in [6.07, 6.45) is 0. The molecule has 0 atom stereocenters. The van der Waals surface area contributed by atoms with Crippen LogP contribution >= 0.6 is 0 Å². The van der Waals surface area contributed by atoms with Crippen LogP contribution in [0.5, 0.6) is 11.5 Å². The number of hydrogen-bond donors (Lipinski definition) is 1. The molecule has 1 heterocycles. The van der Waals surface area contributed by atoms with Crippen LogP contribution in [-0.2, 0) is 0 Å². The number of nitrogens with one attached hydrogen (secondary N) is 1. The molecular weight excluding hydrogens is 270 g/mol. The zero-order chi connectivity index (χ0) is 14.8. The van der Waals surface area contributed by atoms with Gasteiger partial charge < -0.3 is 10.1 Å². The van der Waals surface area contributed by atoms with Crippen LogP contribution in [0.4, 0.5) is 4.79 Å². The van der Waals surface area contributed by atoms with Gasteiger partial charge in [0.15, 0.2) is 0 Å². The fraction of sp³-hybridized carbons (Fsp3) is 0.133. The number of urea groups is 1. The molecule has 3 rings (SSSR count). The van der Waals surface area contributed by atoms with E-state index in [0.29, 0.717) is 11.5 Å². The van der Waals surface area contributed by atoms with Gasteiger partial charge in [-0.3, -0.25) is 0 Å². The Morgan fingerprint density at radius 1 is 1.10 bits per heavy atom. The van der Waals surface area contributed by atoms with Gasteiger partial charge in [-0.05, 0) is 12.1 Å². The maximum atomic E-state index is 11.9. The number of fused-ring (bicyclic) bond motifs is 2. The minimum Gasteiger partial charge on any atom is -0.457 e. The summed E-state index contributed by atoms with van der Waals surface area (Å²) < 4.78 is 5.83. The lowest BCUT2D eigenvalue weighted by molar-refractivity contribution is 0.207. The number of ether oxygens (including phenoxy) is 1. The normalized spacial score (nSPS) is 12.6. The highest BCUT2D eigenvalue weighted by Gasteiger charge is 2.28. The minimum atomic E-state index is -0.568. The molecule has 106 valence electrons. The number of hydrogen-bond acceptors (Lipinski definition) is 4. The quantitative estimate of drug-likeness (QED) is 0.679. The Bertz CT molecular complexity index is 657. The van der Waals surface area contributed by atoms with Crippen molar-refractivity contribution in [1.29, 1.82) is 0 Å². The van der Waals surface area contributed by atoms with E-state index in [1.54, 1.807) is 0 Å². The van der Waals surface area contributed by atoms with Crippen LogP contribution in [0.3, 0.4) is 0 Å². The van der Waals surface area contributed by atoms with Gasteiger partial charge in [-0.1, -0.05) is 36.4 Å². The highest BCUT2D eigenvalue weighted by atomic mass is 16.5. The number of para-hydroxylation sites is 2. The third kappa shape index (κ3) is 2.31. The second-order valence-corrected chi connectivity index (χ2v) is 4.67. The second-order valence-electron chi connectivity index (χ2n) is 4.67. The molecule has 0 aromatic heterocycles. The second kappa shape index (κ2) is 5.24. The van der Waals surface area contributed by atoms with E-state index in [1.807, 2.05) is 48.5 Å². The highest BCUT2D eigenvalue weighted by Crippen LogP contribution is 2.42. The van der Waals surface area contributed by atoms with Gasteiger partial charge >= 0.3 is 6.03 Å². The molecule has 21 heavy (non-hydrogen) atoms. The van der Waals surface area contributed by atoms with Gasteiger partial charge in [-0.25, -0.2) is 4.79 Å². The molecule has 0 spiro atoms. The number of carbonyl (C=O) groups is 1. The number of nitroso groups, excluding NO2 is 1. The van der Waals surface area contributed by atoms with Crippen molar-refractivity contribution in [2.75, 3.05) is 7.05 Å². The van der Waals surface area contributed by atoms with Gasteiger partial charge in [0.25, 0.3) is 0 Å². The maximum absolute atomic E-state index is 11.9. The zero-order valence-corrected chi connectivity index (χ0v) is 11.3. The summed E-state index contributed by atoms with van der Waals surface area (Å²) in [5, 5.41) is 6.12. The molecule has 2 amide bonds. The Balaban J connectivity index is 2.02. The van der Waals surface area contributed by atoms with Crippen LogP contribution in [0.25, 0.3) is 0 Å². The molecule has 0 aliphatic carbocycles. The van der Waals surface area contributed by atoms with Gasteiger partial charge in [0.05, 0.1) is 11.3 Å². The number of benzene rings is 2. The Hall–Kier alpha value is -2.89. The zero-order valence-electron chi connectivity index (χ0n) is 11.3. The Kier molecular flexibility index (Phi) is 3.27. The topological polar surface area (TPSA) is 71.0 Å². The van der Waals surface area contributed by atoms with Crippen LogP contribution in [0.1, 0.15) is 17.2 Å². The Morgan fingerprint density at radius 3 is 2.14 bits per heavy atom. The Morgan fingerprint density at radius 2 is 1.62 bits per heavy atom. The summed E-state index contributed by atoms with van der Waals surface area (Å²) >= 11 is 0. The molecule has 0 fully saturated rings. The van der Waals surface area contributed by atoms with Crippen LogP contribution in [0, 0.1) is 4.91 Å². The van der Waals surface area contributed by atoms with Crippen molar-refractivity contribution in [3.8, 4) is 11.5 Å². The lowest BCUT2D eigenvalue weighted by Crippen LogP contribution is -2.37. The summed E-state index contributed by atoms with van der Waals surface area (Å²) in [5.74, 6) is 1.37. The minimum absolute atomic E-state index is 0.386. The van der Waals surface area contributed by atoms with Gasteiger partial charge in [0.2, 0.25) is 0 Å². The average Bonchev–Trinajstić information content (AvgIpc) is 2.53. The predicted molar refractivity (Wildman–Crippen MR) is 76.9 cm³/mol. The molecule has 0 radical (unpaired) electrons. The summed E-state index contributed by atoms with van der Waals surface area (Å²) in [6, 6.07) is 14.0. The molecule has 0 saturated heterocycles. The van der Waals surface area contributed by atoms with E-state index in [0.717, 1.165) is 16.1 Å². The van der Waals surface area contributed by atoms with Crippen molar-refractivity contribution in [3.63, 3.8) is 0 Å². The molecule has 2 aromatic carbocycles. The van der Waals surface area contributed by atoms with Crippen molar-refractivity contribution >= 4 is 6.03 Å². The van der Waals surface area contributed by atoms with E-state index in [-0.39, 0.29) is 6.04 Å². The molecule has 1 aliphatic rings. The van der Waals surface area contributed by atoms with Crippen molar-refractivity contribution in [2.45, 2.75) is 6.04 Å². The van der Waals surface area contributed by atoms with Gasteiger partial charge in [0, 0.05) is 18.2 Å². The number of nitrogens with zero attached hydrogens (tertiary/aromatic N) is 2. The summed E-state index contributed by atoms with van der Waals surface area (Å²) in [4.78, 5) is 22.4. The fourth-order valence-corrected chi connectivity index (χ4v) is 2.32. The monoisotopic (exact) mass is 283 g/mol. The SMILES string of the molecule is CN(N=O)C(=O)NC1c2ccccc2Oc2ccccc21. The van der Waals surface area contributed by atoms with Crippen molar-refractivity contribution in [1.82, 2.24) is 10.3 Å². The van der Waals surface area contributed by atoms with Crippen LogP contribution in [-0.4, -0.2) is 18.1 Å². The lowest BCUT2D eigenvalue weighted by atomic mass is 9.95. The van der Waals surface area contributed by atoms with Gasteiger partial charge in [0.1, 0.15) is 11.5 Å². The van der Waals surface area contributed by atoms with Crippen molar-refractivity contribution in [3.05, 3.63) is 64.6 Å². The van der Waals surface area contributed by atoms with Crippen LogP contribution in [0.15, 0.2) is 53.8 Å². The molecule has 0 saturated carbocycles. The first-order chi connectivity index (χ1) is 10.2. The van der Waals surface area contributed by atoms with Crippen molar-refractivity contribution < 1.29 is 9.53 Å². The first-order valence-corrected chi connectivity index (χ1v) is 6.44. The highest BCUT2D eigenvalue weighted by molar-refractivity contribution is 5.75. The Labute approximate surface area is 121 Å². The van der Waals surface area contributed by atoms with Gasteiger partial charge in [-0.15, -0.1) is 4.91 Å². The molecule has 0 unspecified atom stereocenters. The van der Waals surface area contributed by atoms with E-state index < -0.39 is 6.03 Å². The van der Waals surface area contributed by atoms with E-state index >= 15 is 0 Å². The molecule has 0 bridgehead atoms. The molecule has 2 aromatic rings. The van der Waals surface area contributed by atoms with E-state index in [9.17, 15) is 9.70 Å². The maximum Gasteiger partial charge on any atom is 0.340 e. The summed E-state index contributed by atoms with van der Waals surface area (Å²) in [7, 11) is 1.31. The number of amides is 2. The standard InChI is InChI=1S/C15H13N3O3/c1-18(17-20)15(19)16-14-10-6-2-4-8-12(10)21-13-9-5-3-7-11(13)14/h2-9,14H,1H3,(H,16,19). The first kappa shape index (κ1) is 13.1.